The van der Waals surface area contributed by atoms with E-state index in [9.17, 15) is 9.59 Å². The van der Waals surface area contributed by atoms with Crippen LogP contribution in [0.2, 0.25) is 0 Å². The highest BCUT2D eigenvalue weighted by Gasteiger charge is 2.29. The van der Waals surface area contributed by atoms with Gasteiger partial charge in [0.15, 0.2) is 0 Å². The van der Waals surface area contributed by atoms with Crippen LogP contribution in [0, 0.1) is 0 Å². The average Bonchev–Trinajstić information content (AvgIpc) is 3.33. The van der Waals surface area contributed by atoms with Gasteiger partial charge in [-0.1, -0.05) is 36.4 Å². The number of amides is 2. The lowest BCUT2D eigenvalue weighted by Gasteiger charge is -2.33. The zero-order valence-corrected chi connectivity index (χ0v) is 21.0. The van der Waals surface area contributed by atoms with Crippen LogP contribution >= 0.6 is 11.3 Å². The number of rotatable bonds is 4. The molecule has 1 aromatic heterocycles. The van der Waals surface area contributed by atoms with E-state index in [1.807, 2.05) is 51.1 Å². The molecule has 0 N–H and O–H groups in total. The summed E-state index contributed by atoms with van der Waals surface area (Å²) in [6.07, 6.45) is 4.12. The maximum atomic E-state index is 12.4. The zero-order chi connectivity index (χ0) is 24.1. The van der Waals surface area contributed by atoms with Gasteiger partial charge in [0, 0.05) is 37.5 Å². The first-order chi connectivity index (χ1) is 16.3. The molecular weight excluding hydrogens is 450 g/mol. The van der Waals surface area contributed by atoms with Gasteiger partial charge in [-0.2, -0.15) is 0 Å². The Morgan fingerprint density at radius 1 is 1.06 bits per heavy atom. The van der Waals surface area contributed by atoms with Gasteiger partial charge in [-0.25, -0.2) is 14.6 Å². The summed E-state index contributed by atoms with van der Waals surface area (Å²) in [5, 5.41) is 3.17. The highest BCUT2D eigenvalue weighted by molar-refractivity contribution is 7.10. The largest absolute Gasteiger partial charge is 0.445 e. The first kappa shape index (κ1) is 24.3. The Hall–Kier alpha value is -2.87. The first-order valence-corrected chi connectivity index (χ1v) is 12.7. The Bertz CT molecular complexity index is 1020. The second-order valence-corrected chi connectivity index (χ2v) is 10.6. The minimum absolute atomic E-state index is 0.232. The number of likely N-dealkylation sites (tertiary alicyclic amines) is 1. The first-order valence-electron chi connectivity index (χ1n) is 11.9. The summed E-state index contributed by atoms with van der Waals surface area (Å²) in [4.78, 5) is 33.1. The van der Waals surface area contributed by atoms with Crippen LogP contribution in [0.15, 0.2) is 41.8 Å². The SMILES string of the molecule is CC(C)(C)OC(=O)N1CCC(c2csc(C3=CCN(C(=O)OCc4ccccc4)CC3)n2)CC1. The van der Waals surface area contributed by atoms with Gasteiger partial charge in [0.2, 0.25) is 0 Å². The van der Waals surface area contributed by atoms with E-state index in [0.29, 0.717) is 32.1 Å². The summed E-state index contributed by atoms with van der Waals surface area (Å²) in [6, 6.07) is 9.71. The molecule has 182 valence electrons. The highest BCUT2D eigenvalue weighted by Crippen LogP contribution is 2.33. The van der Waals surface area contributed by atoms with Crippen LogP contribution in [0.25, 0.3) is 5.57 Å². The summed E-state index contributed by atoms with van der Waals surface area (Å²) in [5.74, 6) is 0.359. The topological polar surface area (TPSA) is 72.0 Å². The van der Waals surface area contributed by atoms with Crippen LogP contribution in [0.5, 0.6) is 0 Å². The van der Waals surface area contributed by atoms with Crippen LogP contribution in [-0.4, -0.2) is 58.8 Å². The average molecular weight is 484 g/mol. The van der Waals surface area contributed by atoms with Crippen molar-refractivity contribution in [2.24, 2.45) is 0 Å². The van der Waals surface area contributed by atoms with Gasteiger partial charge in [-0.05, 0) is 51.2 Å². The van der Waals surface area contributed by atoms with Gasteiger partial charge in [-0.3, -0.25) is 0 Å². The van der Waals surface area contributed by atoms with Crippen molar-refractivity contribution in [2.75, 3.05) is 26.2 Å². The maximum absolute atomic E-state index is 12.4. The number of ether oxygens (including phenoxy) is 2. The quantitative estimate of drug-likeness (QED) is 0.559. The van der Waals surface area contributed by atoms with Crippen molar-refractivity contribution in [3.8, 4) is 0 Å². The molecule has 2 aromatic rings. The van der Waals surface area contributed by atoms with E-state index < -0.39 is 5.60 Å². The van der Waals surface area contributed by atoms with E-state index in [1.165, 1.54) is 5.57 Å². The van der Waals surface area contributed by atoms with E-state index in [1.54, 1.807) is 21.1 Å². The smallest absolute Gasteiger partial charge is 0.410 e. The number of hydrogen-bond donors (Lipinski definition) is 0. The van der Waals surface area contributed by atoms with E-state index >= 15 is 0 Å². The lowest BCUT2D eigenvalue weighted by molar-refractivity contribution is 0.0204. The lowest BCUT2D eigenvalue weighted by atomic mass is 9.94. The van der Waals surface area contributed by atoms with Gasteiger partial charge in [-0.15, -0.1) is 11.3 Å². The molecule has 2 aliphatic heterocycles. The molecule has 2 amide bonds. The van der Waals surface area contributed by atoms with Crippen molar-refractivity contribution in [2.45, 2.75) is 58.2 Å². The van der Waals surface area contributed by atoms with E-state index in [2.05, 4.69) is 11.5 Å². The number of benzene rings is 1. The number of hydrogen-bond acceptors (Lipinski definition) is 6. The third kappa shape index (κ3) is 6.38. The van der Waals surface area contributed by atoms with Gasteiger partial charge in [0.05, 0.1) is 5.69 Å². The second-order valence-electron chi connectivity index (χ2n) is 9.78. The van der Waals surface area contributed by atoms with Crippen LogP contribution < -0.4 is 0 Å². The molecule has 1 aromatic carbocycles. The van der Waals surface area contributed by atoms with Crippen LogP contribution in [0.1, 0.15) is 62.2 Å². The fraction of sp³-hybridized carbons (Fsp3) is 0.500. The lowest BCUT2D eigenvalue weighted by Crippen LogP contribution is -2.41. The van der Waals surface area contributed by atoms with E-state index in [0.717, 1.165) is 35.5 Å². The molecule has 0 spiro atoms. The predicted octanol–water partition coefficient (Wildman–Crippen LogP) is 5.68. The minimum atomic E-state index is -0.473. The van der Waals surface area contributed by atoms with Crippen molar-refractivity contribution >= 4 is 29.1 Å². The number of nitrogens with zero attached hydrogens (tertiary/aromatic N) is 3. The number of carbonyl (C=O) groups is 2. The van der Waals surface area contributed by atoms with Crippen LogP contribution in [0.4, 0.5) is 9.59 Å². The monoisotopic (exact) mass is 483 g/mol. The second kappa shape index (κ2) is 10.6. The molecule has 7 nitrogen and oxygen atoms in total. The third-order valence-corrected chi connectivity index (χ3v) is 6.97. The Labute approximate surface area is 205 Å². The Morgan fingerprint density at radius 2 is 1.79 bits per heavy atom. The molecule has 0 radical (unpaired) electrons. The normalized spacial score (nSPS) is 17.3. The van der Waals surface area contributed by atoms with Crippen molar-refractivity contribution in [3.63, 3.8) is 0 Å². The van der Waals surface area contributed by atoms with Crippen molar-refractivity contribution in [3.05, 3.63) is 58.1 Å². The molecule has 3 heterocycles. The molecule has 0 atom stereocenters. The molecule has 34 heavy (non-hydrogen) atoms. The minimum Gasteiger partial charge on any atom is -0.445 e. The highest BCUT2D eigenvalue weighted by atomic mass is 32.1. The van der Waals surface area contributed by atoms with Crippen molar-refractivity contribution in [1.29, 1.82) is 0 Å². The Balaban J connectivity index is 1.26. The summed E-state index contributed by atoms with van der Waals surface area (Å²) >= 11 is 1.66. The van der Waals surface area contributed by atoms with Gasteiger partial charge in [0.25, 0.3) is 0 Å². The fourth-order valence-corrected chi connectivity index (χ4v) is 5.12. The van der Waals surface area contributed by atoms with Crippen molar-refractivity contribution in [1.82, 2.24) is 14.8 Å². The van der Waals surface area contributed by atoms with Crippen molar-refractivity contribution < 1.29 is 19.1 Å². The number of carbonyl (C=O) groups excluding carboxylic acids is 2. The summed E-state index contributed by atoms with van der Waals surface area (Å²) in [7, 11) is 0. The Morgan fingerprint density at radius 3 is 2.44 bits per heavy atom. The van der Waals surface area contributed by atoms with Crippen LogP contribution in [0.3, 0.4) is 0 Å². The van der Waals surface area contributed by atoms with Gasteiger partial charge >= 0.3 is 12.2 Å². The summed E-state index contributed by atoms with van der Waals surface area (Å²) in [5.41, 5.74) is 2.81. The molecular formula is C26H33N3O4S. The fourth-order valence-electron chi connectivity index (χ4n) is 4.15. The van der Waals surface area contributed by atoms with Gasteiger partial charge in [0.1, 0.15) is 17.2 Å². The molecule has 8 heteroatoms. The zero-order valence-electron chi connectivity index (χ0n) is 20.2. The molecule has 1 saturated heterocycles. The predicted molar refractivity (Wildman–Crippen MR) is 133 cm³/mol. The molecule has 0 aliphatic carbocycles. The maximum Gasteiger partial charge on any atom is 0.410 e. The molecule has 1 fully saturated rings. The molecule has 0 unspecified atom stereocenters. The standard InChI is InChI=1S/C26H33N3O4S/c1-26(2,3)33-25(31)29-13-9-20(10-14-29)22-18-34-23(27-22)21-11-15-28(16-12-21)24(30)32-17-19-7-5-4-6-8-19/h4-8,11,18,20H,9-10,12-17H2,1-3H3. The van der Waals surface area contributed by atoms with E-state index in [-0.39, 0.29) is 18.8 Å². The van der Waals surface area contributed by atoms with Gasteiger partial charge < -0.3 is 19.3 Å². The summed E-state index contributed by atoms with van der Waals surface area (Å²) in [6.45, 7) is 8.50. The Kier molecular flexibility index (Phi) is 7.56. The molecule has 2 aliphatic rings. The summed E-state index contributed by atoms with van der Waals surface area (Å²) < 4.78 is 10.9. The molecule has 0 bridgehead atoms. The van der Waals surface area contributed by atoms with Crippen LogP contribution in [-0.2, 0) is 16.1 Å². The molecule has 4 rings (SSSR count). The molecule has 0 saturated carbocycles. The number of thiazole rings is 1. The number of piperidine rings is 1. The third-order valence-electron chi connectivity index (χ3n) is 6.03. The number of aromatic nitrogens is 1. The van der Waals surface area contributed by atoms with E-state index in [4.69, 9.17) is 14.5 Å².